The summed E-state index contributed by atoms with van der Waals surface area (Å²) in [6, 6.07) is 37.3. The van der Waals surface area contributed by atoms with E-state index in [-0.39, 0.29) is 23.7 Å². The number of ketones is 2. The van der Waals surface area contributed by atoms with Gasteiger partial charge in [-0.3, -0.25) is 9.59 Å². The molecule has 0 radical (unpaired) electrons. The van der Waals surface area contributed by atoms with Crippen molar-refractivity contribution in [3.63, 3.8) is 0 Å². The summed E-state index contributed by atoms with van der Waals surface area (Å²) in [4.78, 5) is 30.3. The van der Waals surface area contributed by atoms with Gasteiger partial charge in [0.2, 0.25) is 0 Å². The Balaban J connectivity index is 1.64. The molecular formula is C30H23NO2. The van der Waals surface area contributed by atoms with E-state index in [1.165, 1.54) is 0 Å². The smallest absolute Gasteiger partial charge is 0.169 e. The van der Waals surface area contributed by atoms with Gasteiger partial charge in [-0.25, -0.2) is 0 Å². The maximum absolute atomic E-state index is 14.0. The molecule has 1 aliphatic heterocycles. The van der Waals surface area contributed by atoms with Gasteiger partial charge in [-0.1, -0.05) is 103 Å². The molecule has 1 aliphatic carbocycles. The number of hydrogen-bond donors (Lipinski definition) is 0. The van der Waals surface area contributed by atoms with Crippen molar-refractivity contribution in [1.29, 1.82) is 0 Å². The molecule has 1 heterocycles. The van der Waals surface area contributed by atoms with Gasteiger partial charge < -0.3 is 4.90 Å². The fraction of sp³-hybridized carbons (Fsp3) is 0.133. The molecule has 1 fully saturated rings. The highest BCUT2D eigenvalue weighted by Gasteiger charge is 2.58. The maximum Gasteiger partial charge on any atom is 0.169 e. The highest BCUT2D eigenvalue weighted by molar-refractivity contribution is 6.17. The Labute approximate surface area is 193 Å². The van der Waals surface area contributed by atoms with Gasteiger partial charge in [0, 0.05) is 16.8 Å². The normalized spacial score (nSPS) is 23.8. The number of rotatable bonds is 3. The van der Waals surface area contributed by atoms with E-state index >= 15 is 0 Å². The first-order valence-electron chi connectivity index (χ1n) is 11.4. The van der Waals surface area contributed by atoms with Gasteiger partial charge in [0.15, 0.2) is 11.6 Å². The van der Waals surface area contributed by atoms with Gasteiger partial charge in [-0.05, 0) is 23.3 Å². The molecule has 0 aromatic heterocycles. The highest BCUT2D eigenvalue weighted by Crippen LogP contribution is 2.57. The number of carbonyl (C=O) groups is 2. The fourth-order valence-corrected chi connectivity index (χ4v) is 5.75. The summed E-state index contributed by atoms with van der Waals surface area (Å²) in [5.74, 6) is -0.799. The summed E-state index contributed by atoms with van der Waals surface area (Å²) < 4.78 is 0. The van der Waals surface area contributed by atoms with Gasteiger partial charge in [-0.15, -0.1) is 0 Å². The number of hydrogen-bond acceptors (Lipinski definition) is 3. The van der Waals surface area contributed by atoms with Crippen LogP contribution in [-0.4, -0.2) is 11.6 Å². The third kappa shape index (κ3) is 3.04. The standard InChI is InChI=1S/C30H23NO2/c32-29-23-18-10-11-19-24(23)30(33)26-25(29)27(20-12-4-1-5-13-20)31(22-16-8-3-9-17-22)28(26)21-14-6-2-7-15-21/h1-19,25-28H/t25-,26+,27-,28+. The second-order valence-corrected chi connectivity index (χ2v) is 8.78. The van der Waals surface area contributed by atoms with E-state index in [9.17, 15) is 9.59 Å². The zero-order valence-corrected chi connectivity index (χ0v) is 18.0. The van der Waals surface area contributed by atoms with Crippen molar-refractivity contribution in [2.75, 3.05) is 4.90 Å². The van der Waals surface area contributed by atoms with Crippen LogP contribution in [0.5, 0.6) is 0 Å². The van der Waals surface area contributed by atoms with Crippen molar-refractivity contribution in [1.82, 2.24) is 0 Å². The quantitative estimate of drug-likeness (QED) is 0.383. The predicted molar refractivity (Wildman–Crippen MR) is 129 cm³/mol. The molecule has 0 spiro atoms. The highest BCUT2D eigenvalue weighted by atomic mass is 16.1. The Morgan fingerprint density at radius 2 is 0.818 bits per heavy atom. The second-order valence-electron chi connectivity index (χ2n) is 8.78. The number of anilines is 1. The topological polar surface area (TPSA) is 37.4 Å². The first kappa shape index (κ1) is 19.7. The van der Waals surface area contributed by atoms with E-state index in [0.717, 1.165) is 16.8 Å². The van der Waals surface area contributed by atoms with Crippen LogP contribution in [0.2, 0.25) is 0 Å². The molecule has 2 aliphatic rings. The minimum atomic E-state index is -0.458. The van der Waals surface area contributed by atoms with Gasteiger partial charge in [0.05, 0.1) is 23.9 Å². The Kier molecular flexibility index (Phi) is 4.69. The molecule has 6 rings (SSSR count). The van der Waals surface area contributed by atoms with Gasteiger partial charge in [0.25, 0.3) is 0 Å². The lowest BCUT2D eigenvalue weighted by Gasteiger charge is -2.34. The number of benzene rings is 4. The van der Waals surface area contributed by atoms with Crippen molar-refractivity contribution in [3.05, 3.63) is 138 Å². The van der Waals surface area contributed by atoms with Crippen molar-refractivity contribution >= 4 is 17.3 Å². The summed E-state index contributed by atoms with van der Waals surface area (Å²) in [6.07, 6.45) is 0. The van der Waals surface area contributed by atoms with Gasteiger partial charge >= 0.3 is 0 Å². The summed E-state index contributed by atoms with van der Waals surface area (Å²) in [5.41, 5.74) is 4.21. The van der Waals surface area contributed by atoms with Gasteiger partial charge in [0.1, 0.15) is 0 Å². The maximum atomic E-state index is 14.0. The Morgan fingerprint density at radius 1 is 0.455 bits per heavy atom. The minimum Gasteiger partial charge on any atom is -0.356 e. The van der Waals surface area contributed by atoms with E-state index in [1.807, 2.05) is 66.7 Å². The van der Waals surface area contributed by atoms with E-state index in [1.54, 1.807) is 12.1 Å². The van der Waals surface area contributed by atoms with Crippen molar-refractivity contribution in [2.24, 2.45) is 11.8 Å². The molecule has 0 amide bonds. The van der Waals surface area contributed by atoms with Crippen LogP contribution in [0.3, 0.4) is 0 Å². The van der Waals surface area contributed by atoms with Crippen LogP contribution >= 0.6 is 0 Å². The fourth-order valence-electron chi connectivity index (χ4n) is 5.75. The number of carbonyl (C=O) groups excluding carboxylic acids is 2. The van der Waals surface area contributed by atoms with Gasteiger partial charge in [-0.2, -0.15) is 0 Å². The van der Waals surface area contributed by atoms with Crippen molar-refractivity contribution in [3.8, 4) is 0 Å². The van der Waals surface area contributed by atoms with E-state index in [4.69, 9.17) is 0 Å². The lowest BCUT2D eigenvalue weighted by molar-refractivity contribution is 0.0741. The average Bonchev–Trinajstić information content (AvgIpc) is 3.25. The van der Waals surface area contributed by atoms with Crippen LogP contribution in [0.25, 0.3) is 0 Å². The van der Waals surface area contributed by atoms with E-state index < -0.39 is 11.8 Å². The van der Waals surface area contributed by atoms with Crippen LogP contribution in [0.1, 0.15) is 43.9 Å². The predicted octanol–water partition coefficient (Wildman–Crippen LogP) is 6.30. The number of para-hydroxylation sites is 1. The molecular weight excluding hydrogens is 406 g/mol. The molecule has 0 N–H and O–H groups in total. The monoisotopic (exact) mass is 429 g/mol. The third-order valence-electron chi connectivity index (χ3n) is 7.07. The molecule has 33 heavy (non-hydrogen) atoms. The molecule has 3 nitrogen and oxygen atoms in total. The summed E-state index contributed by atoms with van der Waals surface area (Å²) in [5, 5.41) is 0. The molecule has 0 unspecified atom stereocenters. The Hall–Kier alpha value is -3.98. The SMILES string of the molecule is O=C1c2ccccc2C(=O)[C@H]2[C@@H]1[C@@H](c1ccccc1)N(c1ccccc1)[C@H]2c1ccccc1. The molecule has 4 atom stereocenters. The van der Waals surface area contributed by atoms with Crippen LogP contribution in [0, 0.1) is 11.8 Å². The first-order valence-corrected chi connectivity index (χ1v) is 11.4. The van der Waals surface area contributed by atoms with Crippen LogP contribution in [0.15, 0.2) is 115 Å². The van der Waals surface area contributed by atoms with Crippen LogP contribution in [0.4, 0.5) is 5.69 Å². The average molecular weight is 430 g/mol. The van der Waals surface area contributed by atoms with Crippen LogP contribution in [-0.2, 0) is 0 Å². The summed E-state index contributed by atoms with van der Waals surface area (Å²) >= 11 is 0. The largest absolute Gasteiger partial charge is 0.356 e. The Morgan fingerprint density at radius 3 is 1.24 bits per heavy atom. The first-order chi connectivity index (χ1) is 16.3. The lowest BCUT2D eigenvalue weighted by Crippen LogP contribution is -2.37. The molecule has 4 aromatic carbocycles. The lowest BCUT2D eigenvalue weighted by atomic mass is 9.69. The van der Waals surface area contributed by atoms with E-state index in [0.29, 0.717) is 11.1 Å². The van der Waals surface area contributed by atoms with Crippen LogP contribution < -0.4 is 4.90 Å². The Bertz CT molecular complexity index is 1230. The molecule has 3 heteroatoms. The number of Topliss-reactive ketones (excluding diaryl/α,β-unsaturated/α-hetero) is 2. The molecule has 4 aromatic rings. The molecule has 160 valence electrons. The molecule has 0 bridgehead atoms. The van der Waals surface area contributed by atoms with E-state index in [2.05, 4.69) is 41.3 Å². The summed E-state index contributed by atoms with van der Waals surface area (Å²) in [7, 11) is 0. The number of fused-ring (bicyclic) bond motifs is 2. The van der Waals surface area contributed by atoms with Crippen molar-refractivity contribution < 1.29 is 9.59 Å². The molecule has 0 saturated carbocycles. The zero-order valence-electron chi connectivity index (χ0n) is 18.0. The minimum absolute atomic E-state index is 0.0587. The van der Waals surface area contributed by atoms with Crippen molar-refractivity contribution in [2.45, 2.75) is 12.1 Å². The zero-order chi connectivity index (χ0) is 22.4. The molecule has 1 saturated heterocycles. The number of nitrogens with zero attached hydrogens (tertiary/aromatic N) is 1. The second kappa shape index (κ2) is 7.86. The summed E-state index contributed by atoms with van der Waals surface area (Å²) in [6.45, 7) is 0. The third-order valence-corrected chi connectivity index (χ3v) is 7.07.